The molecule has 0 radical (unpaired) electrons. The van der Waals surface area contributed by atoms with Gasteiger partial charge in [-0.25, -0.2) is 0 Å². The average Bonchev–Trinajstić information content (AvgIpc) is 2.62. The summed E-state index contributed by atoms with van der Waals surface area (Å²) < 4.78 is 10.9. The number of ether oxygens (including phenoxy) is 2. The highest BCUT2D eigenvalue weighted by Crippen LogP contribution is 2.21. The van der Waals surface area contributed by atoms with Crippen LogP contribution in [0.4, 0.5) is 0 Å². The summed E-state index contributed by atoms with van der Waals surface area (Å²) in [5.41, 5.74) is 1.04. The molecule has 6 nitrogen and oxygen atoms in total. The van der Waals surface area contributed by atoms with Crippen LogP contribution in [0.1, 0.15) is 13.8 Å². The van der Waals surface area contributed by atoms with Gasteiger partial charge in [0.15, 0.2) is 5.71 Å². The molecule has 0 atom stereocenters. The first-order valence-corrected chi connectivity index (χ1v) is 4.61. The van der Waals surface area contributed by atoms with Crippen molar-refractivity contribution in [3.63, 3.8) is 0 Å². The third kappa shape index (κ3) is 2.66. The Morgan fingerprint density at radius 2 is 1.67 bits per heavy atom. The molecule has 0 saturated carbocycles. The van der Waals surface area contributed by atoms with Crippen LogP contribution in [0.25, 0.3) is 0 Å². The van der Waals surface area contributed by atoms with Crippen LogP contribution < -0.4 is 0 Å². The molecule has 1 aliphatic heterocycles. The van der Waals surface area contributed by atoms with E-state index in [0.29, 0.717) is 24.6 Å². The second-order valence-corrected chi connectivity index (χ2v) is 3.12. The lowest BCUT2D eigenvalue weighted by Crippen LogP contribution is -2.41. The maximum absolute atomic E-state index is 5.45. The first-order chi connectivity index (χ1) is 7.14. The van der Waals surface area contributed by atoms with E-state index in [1.807, 2.05) is 0 Å². The zero-order valence-electron chi connectivity index (χ0n) is 9.44. The number of nitrogens with zero attached hydrogens (tertiary/aromatic N) is 2. The van der Waals surface area contributed by atoms with E-state index in [0.717, 1.165) is 0 Å². The smallest absolute Gasteiger partial charge is 0.214 e. The molecular weight excluding hydrogens is 200 g/mol. The fraction of sp³-hybridized carbons (Fsp3) is 0.778. The monoisotopic (exact) mass is 216 g/mol. The highest BCUT2D eigenvalue weighted by molar-refractivity contribution is 6.43. The fourth-order valence-electron chi connectivity index (χ4n) is 1.40. The van der Waals surface area contributed by atoms with E-state index >= 15 is 0 Å². The Kier molecular flexibility index (Phi) is 4.05. The van der Waals surface area contributed by atoms with Crippen LogP contribution in [-0.2, 0) is 19.1 Å². The van der Waals surface area contributed by atoms with E-state index in [-0.39, 0.29) is 0 Å². The Morgan fingerprint density at radius 3 is 2.13 bits per heavy atom. The average molecular weight is 216 g/mol. The third-order valence-corrected chi connectivity index (χ3v) is 2.02. The molecule has 1 saturated heterocycles. The van der Waals surface area contributed by atoms with Gasteiger partial charge in [-0.3, -0.25) is 0 Å². The van der Waals surface area contributed by atoms with Crippen molar-refractivity contribution in [3.8, 4) is 0 Å². The van der Waals surface area contributed by atoms with Gasteiger partial charge < -0.3 is 19.1 Å². The molecule has 0 spiro atoms. The minimum Gasteiger partial charge on any atom is -0.399 e. The molecule has 0 amide bonds. The van der Waals surface area contributed by atoms with Crippen molar-refractivity contribution in [1.82, 2.24) is 0 Å². The van der Waals surface area contributed by atoms with E-state index < -0.39 is 5.79 Å². The zero-order valence-corrected chi connectivity index (χ0v) is 9.44. The second-order valence-electron chi connectivity index (χ2n) is 3.12. The van der Waals surface area contributed by atoms with Crippen LogP contribution in [0.3, 0.4) is 0 Å². The van der Waals surface area contributed by atoms with Gasteiger partial charge in [-0.05, 0) is 13.8 Å². The van der Waals surface area contributed by atoms with Crippen molar-refractivity contribution in [2.75, 3.05) is 27.4 Å². The SMILES string of the molecule is CO/N=C(C)\C(=N\OC)C1(C)OCCO1. The minimum atomic E-state index is -0.901. The molecule has 1 rings (SSSR count). The van der Waals surface area contributed by atoms with Crippen molar-refractivity contribution >= 4 is 11.4 Å². The second kappa shape index (κ2) is 5.09. The first kappa shape index (κ1) is 11.9. The van der Waals surface area contributed by atoms with Crippen LogP contribution in [-0.4, -0.2) is 44.6 Å². The van der Waals surface area contributed by atoms with Crippen LogP contribution in [0.15, 0.2) is 10.3 Å². The quantitative estimate of drug-likeness (QED) is 0.514. The lowest BCUT2D eigenvalue weighted by molar-refractivity contribution is -0.0820. The Labute approximate surface area is 88.8 Å². The molecule has 0 aromatic rings. The maximum Gasteiger partial charge on any atom is 0.214 e. The van der Waals surface area contributed by atoms with Crippen molar-refractivity contribution in [3.05, 3.63) is 0 Å². The van der Waals surface area contributed by atoms with Gasteiger partial charge in [0.1, 0.15) is 19.9 Å². The predicted octanol–water partition coefficient (Wildman–Crippen LogP) is 0.774. The lowest BCUT2D eigenvalue weighted by atomic mass is 10.1. The molecule has 1 fully saturated rings. The van der Waals surface area contributed by atoms with Gasteiger partial charge in [0.2, 0.25) is 5.79 Å². The maximum atomic E-state index is 5.45. The number of rotatable bonds is 4. The summed E-state index contributed by atoms with van der Waals surface area (Å²) in [4.78, 5) is 9.42. The molecule has 0 unspecified atom stereocenters. The van der Waals surface area contributed by atoms with Crippen LogP contribution in [0.5, 0.6) is 0 Å². The minimum absolute atomic E-state index is 0.476. The Hall–Kier alpha value is -1.14. The summed E-state index contributed by atoms with van der Waals surface area (Å²) in [6, 6.07) is 0. The molecular formula is C9H16N2O4. The van der Waals surface area contributed by atoms with E-state index in [9.17, 15) is 0 Å². The summed E-state index contributed by atoms with van der Waals surface area (Å²) in [5.74, 6) is -0.901. The topological polar surface area (TPSA) is 61.6 Å². The van der Waals surface area contributed by atoms with E-state index in [2.05, 4.69) is 15.1 Å². The summed E-state index contributed by atoms with van der Waals surface area (Å²) in [5, 5.41) is 7.63. The van der Waals surface area contributed by atoms with E-state index in [4.69, 9.17) is 14.3 Å². The molecule has 0 bridgehead atoms. The summed E-state index contributed by atoms with van der Waals surface area (Å²) >= 11 is 0. The van der Waals surface area contributed by atoms with Crippen molar-refractivity contribution < 1.29 is 19.1 Å². The van der Waals surface area contributed by atoms with Gasteiger partial charge in [-0.1, -0.05) is 10.3 Å². The Morgan fingerprint density at radius 1 is 1.13 bits per heavy atom. The standard InChI is InChI=1S/C9H16N2O4/c1-7(10-12-3)8(11-13-4)9(2)14-5-6-15-9/h5-6H2,1-4H3/b10-7-,11-8-. The highest BCUT2D eigenvalue weighted by Gasteiger charge is 2.39. The largest absolute Gasteiger partial charge is 0.399 e. The van der Waals surface area contributed by atoms with E-state index in [1.165, 1.54) is 14.2 Å². The van der Waals surface area contributed by atoms with Crippen molar-refractivity contribution in [1.29, 1.82) is 0 Å². The molecule has 0 aliphatic carbocycles. The lowest BCUT2D eigenvalue weighted by Gasteiger charge is -2.22. The Balaban J connectivity index is 2.92. The molecule has 86 valence electrons. The molecule has 1 aliphatic rings. The van der Waals surface area contributed by atoms with Gasteiger partial charge >= 0.3 is 0 Å². The molecule has 0 N–H and O–H groups in total. The molecule has 6 heteroatoms. The molecule has 15 heavy (non-hydrogen) atoms. The van der Waals surface area contributed by atoms with Crippen LogP contribution in [0.2, 0.25) is 0 Å². The summed E-state index contributed by atoms with van der Waals surface area (Å²) in [7, 11) is 2.92. The predicted molar refractivity (Wildman–Crippen MR) is 54.9 cm³/mol. The van der Waals surface area contributed by atoms with Gasteiger partial charge in [0.25, 0.3) is 0 Å². The van der Waals surface area contributed by atoms with Crippen LogP contribution >= 0.6 is 0 Å². The van der Waals surface area contributed by atoms with Crippen LogP contribution in [0, 0.1) is 0 Å². The van der Waals surface area contributed by atoms with Gasteiger partial charge in [-0.15, -0.1) is 0 Å². The molecule has 1 heterocycles. The summed E-state index contributed by atoms with van der Waals surface area (Å²) in [6.45, 7) is 4.57. The van der Waals surface area contributed by atoms with Crippen molar-refractivity contribution in [2.45, 2.75) is 19.6 Å². The zero-order chi connectivity index (χ0) is 11.3. The van der Waals surface area contributed by atoms with Gasteiger partial charge in [0.05, 0.1) is 13.2 Å². The van der Waals surface area contributed by atoms with Gasteiger partial charge in [0, 0.05) is 0 Å². The summed E-state index contributed by atoms with van der Waals surface area (Å²) in [6.07, 6.45) is 0. The number of hydrogen-bond donors (Lipinski definition) is 0. The third-order valence-electron chi connectivity index (χ3n) is 2.02. The number of oxime groups is 2. The number of hydrogen-bond acceptors (Lipinski definition) is 6. The van der Waals surface area contributed by atoms with Crippen molar-refractivity contribution in [2.24, 2.45) is 10.3 Å². The first-order valence-electron chi connectivity index (χ1n) is 4.61. The Bertz CT molecular complexity index is 269. The normalized spacial score (nSPS) is 21.6. The van der Waals surface area contributed by atoms with Gasteiger partial charge in [-0.2, -0.15) is 0 Å². The molecule has 0 aromatic carbocycles. The molecule has 0 aromatic heterocycles. The highest BCUT2D eigenvalue weighted by atomic mass is 16.7. The fourth-order valence-corrected chi connectivity index (χ4v) is 1.40. The van der Waals surface area contributed by atoms with E-state index in [1.54, 1.807) is 13.8 Å².